The minimum absolute atomic E-state index is 0.00915. The molecule has 0 aliphatic carbocycles. The molecule has 0 saturated heterocycles. The lowest BCUT2D eigenvalue weighted by molar-refractivity contribution is -0.137. The fraction of sp³-hybridized carbons (Fsp3) is 0.292. The van der Waals surface area contributed by atoms with Crippen molar-refractivity contribution in [2.45, 2.75) is 20.0 Å². The molecular weight excluding hydrogens is 453 g/mol. The number of ether oxygens (including phenoxy) is 2. The van der Waals surface area contributed by atoms with E-state index in [4.69, 9.17) is 9.47 Å². The van der Waals surface area contributed by atoms with Crippen LogP contribution in [0.4, 0.5) is 18.9 Å². The minimum Gasteiger partial charge on any atom is -0.483 e. The Labute approximate surface area is 195 Å². The number of halogens is 3. The van der Waals surface area contributed by atoms with E-state index in [1.165, 1.54) is 29.2 Å². The highest BCUT2D eigenvalue weighted by Crippen LogP contribution is 2.30. The lowest BCUT2D eigenvalue weighted by Crippen LogP contribution is -2.35. The van der Waals surface area contributed by atoms with Gasteiger partial charge in [-0.3, -0.25) is 9.59 Å². The topological polar surface area (TPSA) is 84.9 Å². The third kappa shape index (κ3) is 7.95. The first-order valence-corrected chi connectivity index (χ1v) is 10.3. The molecule has 182 valence electrons. The van der Waals surface area contributed by atoms with Crippen molar-refractivity contribution < 1.29 is 37.0 Å². The number of esters is 1. The maximum Gasteiger partial charge on any atom is 0.416 e. The first-order valence-electron chi connectivity index (χ1n) is 10.3. The molecule has 2 rings (SSSR count). The van der Waals surface area contributed by atoms with Crippen LogP contribution in [0.1, 0.15) is 29.8 Å². The normalized spacial score (nSPS) is 10.9. The number of likely N-dealkylation sites (N-methyl/N-ethyl adjacent to an activating group) is 1. The predicted molar refractivity (Wildman–Crippen MR) is 119 cm³/mol. The molecule has 34 heavy (non-hydrogen) atoms. The number of rotatable bonds is 10. The summed E-state index contributed by atoms with van der Waals surface area (Å²) >= 11 is 0. The van der Waals surface area contributed by atoms with Crippen molar-refractivity contribution in [1.82, 2.24) is 4.90 Å². The number of benzene rings is 2. The molecule has 0 bridgehead atoms. The lowest BCUT2D eigenvalue weighted by Gasteiger charge is -2.20. The average molecular weight is 478 g/mol. The zero-order valence-electron chi connectivity index (χ0n) is 18.8. The van der Waals surface area contributed by atoms with E-state index in [0.717, 1.165) is 17.7 Å². The molecule has 0 aromatic heterocycles. The first kappa shape index (κ1) is 26.4. The van der Waals surface area contributed by atoms with Crippen LogP contribution in [0.25, 0.3) is 0 Å². The molecule has 2 aromatic rings. The molecule has 0 fully saturated rings. The van der Waals surface area contributed by atoms with Crippen LogP contribution in [0.5, 0.6) is 5.75 Å². The molecule has 0 radical (unpaired) electrons. The summed E-state index contributed by atoms with van der Waals surface area (Å²) in [5, 5.41) is 2.31. The molecule has 0 aliphatic rings. The highest BCUT2D eigenvalue weighted by molar-refractivity contribution is 5.95. The van der Waals surface area contributed by atoms with Crippen molar-refractivity contribution in [3.05, 3.63) is 71.8 Å². The van der Waals surface area contributed by atoms with Gasteiger partial charge in [-0.1, -0.05) is 30.4 Å². The molecular formula is C24H25F3N2O5. The molecule has 0 atom stereocenters. The van der Waals surface area contributed by atoms with E-state index in [-0.39, 0.29) is 17.0 Å². The Balaban J connectivity index is 1.97. The van der Waals surface area contributed by atoms with E-state index in [2.05, 4.69) is 11.9 Å². The standard InChI is InChI=1S/C24H25F3N2O5/c1-4-29(13-16(2)3)22(31)15-34-23(32)19-10-5-6-11-20(19)33-14-21(30)28-18-9-7-8-17(12-18)24(25,26)27/h5-12H,2,4,13-15H2,1,3H3,(H,28,30). The van der Waals surface area contributed by atoms with Gasteiger partial charge in [-0.2, -0.15) is 13.2 Å². The Bertz CT molecular complexity index is 1050. The number of hydrogen-bond donors (Lipinski definition) is 1. The molecule has 2 aromatic carbocycles. The number of alkyl halides is 3. The Morgan fingerprint density at radius 3 is 2.41 bits per heavy atom. The molecule has 0 aliphatic heterocycles. The molecule has 0 unspecified atom stereocenters. The maximum atomic E-state index is 12.8. The van der Waals surface area contributed by atoms with Gasteiger partial charge in [-0.15, -0.1) is 0 Å². The first-order chi connectivity index (χ1) is 16.0. The van der Waals surface area contributed by atoms with Crippen molar-refractivity contribution in [1.29, 1.82) is 0 Å². The van der Waals surface area contributed by atoms with E-state index >= 15 is 0 Å². The molecule has 7 nitrogen and oxygen atoms in total. The summed E-state index contributed by atoms with van der Waals surface area (Å²) in [5.41, 5.74) is -0.183. The van der Waals surface area contributed by atoms with Crippen molar-refractivity contribution in [3.63, 3.8) is 0 Å². The van der Waals surface area contributed by atoms with Gasteiger partial charge in [0, 0.05) is 18.8 Å². The average Bonchev–Trinajstić information content (AvgIpc) is 2.79. The summed E-state index contributed by atoms with van der Waals surface area (Å²) in [4.78, 5) is 38.4. The molecule has 0 spiro atoms. The lowest BCUT2D eigenvalue weighted by atomic mass is 10.2. The Kier molecular flexibility index (Phi) is 9.23. The minimum atomic E-state index is -4.55. The Morgan fingerprint density at radius 1 is 1.06 bits per heavy atom. The highest BCUT2D eigenvalue weighted by Gasteiger charge is 2.30. The van der Waals surface area contributed by atoms with E-state index in [9.17, 15) is 27.6 Å². The fourth-order valence-corrected chi connectivity index (χ4v) is 2.87. The van der Waals surface area contributed by atoms with Gasteiger partial charge in [-0.05, 0) is 44.2 Å². The molecule has 1 N–H and O–H groups in total. The number of hydrogen-bond acceptors (Lipinski definition) is 5. The van der Waals surface area contributed by atoms with Gasteiger partial charge in [-0.25, -0.2) is 4.79 Å². The summed E-state index contributed by atoms with van der Waals surface area (Å²) < 4.78 is 48.9. The summed E-state index contributed by atoms with van der Waals surface area (Å²) in [5.74, 6) is -1.92. The van der Waals surface area contributed by atoms with Crippen molar-refractivity contribution in [2.75, 3.05) is 31.6 Å². The van der Waals surface area contributed by atoms with Crippen LogP contribution in [0, 0.1) is 0 Å². The summed E-state index contributed by atoms with van der Waals surface area (Å²) in [7, 11) is 0. The smallest absolute Gasteiger partial charge is 0.416 e. The number of amides is 2. The van der Waals surface area contributed by atoms with Crippen molar-refractivity contribution >= 4 is 23.5 Å². The Morgan fingerprint density at radius 2 is 1.76 bits per heavy atom. The van der Waals surface area contributed by atoms with Gasteiger partial charge >= 0.3 is 12.1 Å². The number of para-hydroxylation sites is 1. The maximum absolute atomic E-state index is 12.8. The zero-order valence-corrected chi connectivity index (χ0v) is 18.8. The Hall–Kier alpha value is -3.82. The second-order valence-corrected chi connectivity index (χ2v) is 7.35. The van der Waals surface area contributed by atoms with Gasteiger partial charge in [0.15, 0.2) is 13.2 Å². The largest absolute Gasteiger partial charge is 0.483 e. The van der Waals surface area contributed by atoms with E-state index in [0.29, 0.717) is 13.1 Å². The number of carbonyl (C=O) groups excluding carboxylic acids is 3. The van der Waals surface area contributed by atoms with E-state index in [1.807, 2.05) is 0 Å². The highest BCUT2D eigenvalue weighted by atomic mass is 19.4. The third-order valence-corrected chi connectivity index (χ3v) is 4.46. The molecule has 2 amide bonds. The quantitative estimate of drug-likeness (QED) is 0.407. The summed E-state index contributed by atoms with van der Waals surface area (Å²) in [6.45, 7) is 7.03. The fourth-order valence-electron chi connectivity index (χ4n) is 2.87. The van der Waals surface area contributed by atoms with Gasteiger partial charge in [0.1, 0.15) is 11.3 Å². The molecule has 10 heteroatoms. The SMILES string of the molecule is C=C(C)CN(CC)C(=O)COC(=O)c1ccccc1OCC(=O)Nc1cccc(C(F)(F)F)c1. The molecule has 0 heterocycles. The number of carbonyl (C=O) groups is 3. The summed E-state index contributed by atoms with van der Waals surface area (Å²) in [6.07, 6.45) is -4.55. The van der Waals surface area contributed by atoms with Gasteiger partial charge in [0.05, 0.1) is 5.56 Å². The second kappa shape index (κ2) is 11.9. The van der Waals surface area contributed by atoms with Gasteiger partial charge in [0.25, 0.3) is 11.8 Å². The van der Waals surface area contributed by atoms with Crippen LogP contribution in [0.3, 0.4) is 0 Å². The van der Waals surface area contributed by atoms with Crippen LogP contribution in [-0.2, 0) is 20.5 Å². The van der Waals surface area contributed by atoms with Crippen LogP contribution in [0.15, 0.2) is 60.7 Å². The summed E-state index contributed by atoms with van der Waals surface area (Å²) in [6, 6.07) is 10.1. The van der Waals surface area contributed by atoms with Crippen molar-refractivity contribution in [3.8, 4) is 5.75 Å². The monoisotopic (exact) mass is 478 g/mol. The van der Waals surface area contributed by atoms with Crippen molar-refractivity contribution in [2.24, 2.45) is 0 Å². The number of nitrogens with zero attached hydrogens (tertiary/aromatic N) is 1. The van der Waals surface area contributed by atoms with Gasteiger partial charge in [0.2, 0.25) is 0 Å². The molecule has 0 saturated carbocycles. The number of anilines is 1. The predicted octanol–water partition coefficient (Wildman–Crippen LogP) is 4.30. The third-order valence-electron chi connectivity index (χ3n) is 4.46. The van der Waals surface area contributed by atoms with E-state index < -0.39 is 42.7 Å². The second-order valence-electron chi connectivity index (χ2n) is 7.35. The van der Waals surface area contributed by atoms with Crippen LogP contribution in [0.2, 0.25) is 0 Å². The van der Waals surface area contributed by atoms with E-state index in [1.54, 1.807) is 26.0 Å². The van der Waals surface area contributed by atoms with Gasteiger partial charge < -0.3 is 19.7 Å². The van der Waals surface area contributed by atoms with Crippen LogP contribution < -0.4 is 10.1 Å². The number of nitrogens with one attached hydrogen (secondary N) is 1. The van der Waals surface area contributed by atoms with Crippen LogP contribution in [-0.4, -0.2) is 49.0 Å². The zero-order chi connectivity index (χ0) is 25.3. The van der Waals surface area contributed by atoms with Crippen LogP contribution >= 0.6 is 0 Å².